The van der Waals surface area contributed by atoms with Crippen LogP contribution in [0.25, 0.3) is 0 Å². The number of hydrogen-bond donors (Lipinski definition) is 0. The first-order valence-corrected chi connectivity index (χ1v) is 2.39. The van der Waals surface area contributed by atoms with Crippen LogP contribution in [0.1, 0.15) is 6.92 Å². The lowest BCUT2D eigenvalue weighted by Crippen LogP contribution is -2.39. The maximum absolute atomic E-state index is 10.7. The van der Waals surface area contributed by atoms with E-state index < -0.39 is 4.97 Å². The average Bonchev–Trinajstić information content (AvgIpc) is 1.87. The van der Waals surface area contributed by atoms with Gasteiger partial charge in [0.2, 0.25) is 0 Å². The van der Waals surface area contributed by atoms with Crippen LogP contribution in [0.3, 0.4) is 0 Å². The molecule has 0 aliphatic heterocycles. The molecule has 0 unspecified atom stereocenters. The van der Waals surface area contributed by atoms with Crippen molar-refractivity contribution in [3.63, 3.8) is 0 Å². The maximum atomic E-state index is 10.7. The van der Waals surface area contributed by atoms with Crippen molar-refractivity contribution >= 4 is 0 Å². The van der Waals surface area contributed by atoms with Crippen LogP contribution >= 0.6 is 0 Å². The molecule has 0 rings (SSSR count). The second-order valence-electron chi connectivity index (χ2n) is 1.29. The lowest BCUT2D eigenvalue weighted by atomic mass is 10.8. The summed E-state index contributed by atoms with van der Waals surface area (Å²) in [5.41, 5.74) is 0. The van der Waals surface area contributed by atoms with Crippen LogP contribution in [0.5, 0.6) is 0 Å². The Labute approximate surface area is 48.7 Å². The number of hydroxylamine groups is 3. The van der Waals surface area contributed by atoms with Crippen molar-refractivity contribution in [2.45, 2.75) is 6.92 Å². The zero-order chi connectivity index (χ0) is 6.62. The van der Waals surface area contributed by atoms with Crippen LogP contribution in [-0.2, 0) is 9.68 Å². The van der Waals surface area contributed by atoms with Crippen LogP contribution in [-0.4, -0.2) is 25.7 Å². The molecule has 0 saturated heterocycles. The van der Waals surface area contributed by atoms with Gasteiger partial charge in [0.1, 0.15) is 20.8 Å². The van der Waals surface area contributed by atoms with Crippen LogP contribution in [0.4, 0.5) is 0 Å². The van der Waals surface area contributed by atoms with Crippen molar-refractivity contribution in [3.8, 4) is 0 Å². The molecule has 0 bridgehead atoms. The number of hydrogen-bond acceptors (Lipinski definition) is 3. The van der Waals surface area contributed by atoms with Crippen LogP contribution < -0.4 is 0 Å². The highest BCUT2D eigenvalue weighted by Gasteiger charge is 2.11. The van der Waals surface area contributed by atoms with E-state index in [4.69, 9.17) is 0 Å². The van der Waals surface area contributed by atoms with Crippen LogP contribution in [0.15, 0.2) is 0 Å². The second kappa shape index (κ2) is 2.99. The highest BCUT2D eigenvalue weighted by Crippen LogP contribution is 2.01. The molecule has 4 heteroatoms. The van der Waals surface area contributed by atoms with E-state index >= 15 is 0 Å². The predicted octanol–water partition coefficient (Wildman–Crippen LogP) is 0.444. The van der Waals surface area contributed by atoms with Gasteiger partial charge in [-0.1, -0.05) is 4.97 Å². The molecule has 0 aliphatic carbocycles. The molecular weight excluding hydrogens is 110 g/mol. The van der Waals surface area contributed by atoms with Crippen molar-refractivity contribution < 1.29 is 14.6 Å². The Bertz CT molecular complexity index is 54.0. The first-order chi connectivity index (χ1) is 3.68. The van der Waals surface area contributed by atoms with Gasteiger partial charge in [0, 0.05) is 0 Å². The molecular formula is C4H11NO3. The summed E-state index contributed by atoms with van der Waals surface area (Å²) >= 11 is 0. The monoisotopic (exact) mass is 121 g/mol. The summed E-state index contributed by atoms with van der Waals surface area (Å²) in [7, 11) is 2.61. The standard InChI is InChI=1S/C4H11NO3/c1-4-5(6,7-2)8-3/h4H2,1-3H3. The fourth-order valence-corrected chi connectivity index (χ4v) is 0.333. The Morgan fingerprint density at radius 3 is 1.75 bits per heavy atom. The molecule has 0 fully saturated rings. The van der Waals surface area contributed by atoms with Gasteiger partial charge in [-0.05, 0) is 6.92 Å². The third-order valence-corrected chi connectivity index (χ3v) is 0.944. The topological polar surface area (TPSA) is 41.5 Å². The summed E-state index contributed by atoms with van der Waals surface area (Å²) in [6.07, 6.45) is 0. The summed E-state index contributed by atoms with van der Waals surface area (Å²) in [6.45, 7) is 1.94. The van der Waals surface area contributed by atoms with Crippen molar-refractivity contribution in [1.82, 2.24) is 0 Å². The lowest BCUT2D eigenvalue weighted by Gasteiger charge is -2.30. The first-order valence-electron chi connectivity index (χ1n) is 2.39. The van der Waals surface area contributed by atoms with E-state index in [0.29, 0.717) is 0 Å². The molecule has 0 radical (unpaired) electrons. The summed E-state index contributed by atoms with van der Waals surface area (Å²) in [4.78, 5) is 7.75. The summed E-state index contributed by atoms with van der Waals surface area (Å²) in [5.74, 6) is 0. The molecule has 0 heterocycles. The van der Waals surface area contributed by atoms with Crippen LogP contribution in [0, 0.1) is 5.21 Å². The lowest BCUT2D eigenvalue weighted by molar-refractivity contribution is -1.21. The van der Waals surface area contributed by atoms with E-state index in [2.05, 4.69) is 9.68 Å². The SMILES string of the molecule is CC[N+]([O-])(OC)OC. The largest absolute Gasteiger partial charge is 0.564 e. The Balaban J connectivity index is 3.58. The molecule has 0 amide bonds. The van der Waals surface area contributed by atoms with E-state index in [1.54, 1.807) is 6.92 Å². The number of rotatable bonds is 3. The highest BCUT2D eigenvalue weighted by molar-refractivity contribution is 4.07. The van der Waals surface area contributed by atoms with Gasteiger partial charge in [-0.15, -0.1) is 0 Å². The molecule has 0 aromatic heterocycles. The summed E-state index contributed by atoms with van der Waals surface area (Å²) < 4.78 is 0. The molecule has 0 aliphatic rings. The molecule has 8 heavy (non-hydrogen) atoms. The zero-order valence-electron chi connectivity index (χ0n) is 5.38. The first kappa shape index (κ1) is 7.84. The van der Waals surface area contributed by atoms with E-state index in [0.717, 1.165) is 0 Å². The number of nitrogens with zero attached hydrogens (tertiary/aromatic N) is 1. The Morgan fingerprint density at radius 2 is 1.75 bits per heavy atom. The minimum Gasteiger partial charge on any atom is -0.564 e. The Morgan fingerprint density at radius 1 is 1.38 bits per heavy atom. The number of quaternary nitrogens is 1. The third-order valence-electron chi connectivity index (χ3n) is 0.944. The van der Waals surface area contributed by atoms with Gasteiger partial charge in [-0.25, -0.2) is 0 Å². The molecule has 0 N–H and O–H groups in total. The van der Waals surface area contributed by atoms with E-state index in [1.165, 1.54) is 14.2 Å². The normalized spacial score (nSPS) is 12.0. The van der Waals surface area contributed by atoms with Gasteiger partial charge in [-0.3, -0.25) is 0 Å². The molecule has 0 aromatic carbocycles. The molecule has 0 spiro atoms. The second-order valence-corrected chi connectivity index (χ2v) is 1.29. The predicted molar refractivity (Wildman–Crippen MR) is 28.2 cm³/mol. The Hall–Kier alpha value is -0.160. The summed E-state index contributed by atoms with van der Waals surface area (Å²) in [5, 5.41) is 10.7. The van der Waals surface area contributed by atoms with Gasteiger partial charge < -0.3 is 5.21 Å². The fourth-order valence-electron chi connectivity index (χ4n) is 0.333. The van der Waals surface area contributed by atoms with Gasteiger partial charge >= 0.3 is 0 Å². The van der Waals surface area contributed by atoms with Gasteiger partial charge in [0.15, 0.2) is 0 Å². The quantitative estimate of drug-likeness (QED) is 0.402. The Kier molecular flexibility index (Phi) is 2.93. The molecule has 0 aromatic rings. The highest BCUT2D eigenvalue weighted by atomic mass is 17.2. The smallest absolute Gasteiger partial charge is 0.139 e. The van der Waals surface area contributed by atoms with E-state index in [1.807, 2.05) is 0 Å². The van der Waals surface area contributed by atoms with Crippen molar-refractivity contribution in [2.75, 3.05) is 20.8 Å². The van der Waals surface area contributed by atoms with Crippen LogP contribution in [0.2, 0.25) is 0 Å². The molecule has 4 nitrogen and oxygen atoms in total. The molecule has 50 valence electrons. The minimum atomic E-state index is -1.04. The van der Waals surface area contributed by atoms with E-state index in [-0.39, 0.29) is 6.54 Å². The molecule has 0 saturated carbocycles. The van der Waals surface area contributed by atoms with Crippen molar-refractivity contribution in [2.24, 2.45) is 0 Å². The summed E-state index contributed by atoms with van der Waals surface area (Å²) in [6, 6.07) is 0. The van der Waals surface area contributed by atoms with Gasteiger partial charge in [-0.2, -0.15) is 9.68 Å². The average molecular weight is 121 g/mol. The van der Waals surface area contributed by atoms with Gasteiger partial charge in [0.25, 0.3) is 0 Å². The third kappa shape index (κ3) is 1.75. The van der Waals surface area contributed by atoms with Crippen molar-refractivity contribution in [1.29, 1.82) is 0 Å². The molecule has 0 atom stereocenters. The van der Waals surface area contributed by atoms with Gasteiger partial charge in [0.05, 0.1) is 0 Å². The minimum absolute atomic E-state index is 0.257. The van der Waals surface area contributed by atoms with Crippen molar-refractivity contribution in [3.05, 3.63) is 5.21 Å². The van der Waals surface area contributed by atoms with E-state index in [9.17, 15) is 5.21 Å². The maximum Gasteiger partial charge on any atom is 0.139 e. The fraction of sp³-hybridized carbons (Fsp3) is 1.00. The zero-order valence-corrected chi connectivity index (χ0v) is 5.38.